The van der Waals surface area contributed by atoms with Crippen LogP contribution in [-0.2, 0) is 11.8 Å². The van der Waals surface area contributed by atoms with Gasteiger partial charge < -0.3 is 19.5 Å². The van der Waals surface area contributed by atoms with Crippen LogP contribution in [0.15, 0.2) is 0 Å². The number of nitrogens with one attached hydrogen (secondary N) is 1. The van der Waals surface area contributed by atoms with E-state index in [1.54, 1.807) is 30.4 Å². The van der Waals surface area contributed by atoms with Crippen molar-refractivity contribution in [3.05, 3.63) is 22.5 Å². The molecule has 1 N–H and O–H groups in total. The van der Waals surface area contributed by atoms with Gasteiger partial charge in [0.2, 0.25) is 0 Å². The van der Waals surface area contributed by atoms with Crippen LogP contribution in [0.2, 0.25) is 0 Å². The van der Waals surface area contributed by atoms with Crippen LogP contribution in [0.1, 0.15) is 78.1 Å². The average molecular weight is 392 g/mol. The fourth-order valence-corrected chi connectivity index (χ4v) is 4.12. The van der Waals surface area contributed by atoms with E-state index in [4.69, 9.17) is 4.74 Å². The van der Waals surface area contributed by atoms with Crippen LogP contribution in [-0.4, -0.2) is 53.0 Å². The first-order valence-corrected chi connectivity index (χ1v) is 10.2. The zero-order valence-electron chi connectivity index (χ0n) is 17.8. The van der Waals surface area contributed by atoms with E-state index in [1.165, 1.54) is 6.42 Å². The molecular weight excluding hydrogens is 358 g/mol. The molecule has 1 saturated carbocycles. The van der Waals surface area contributed by atoms with Gasteiger partial charge in [-0.3, -0.25) is 4.79 Å². The van der Waals surface area contributed by atoms with Crippen LogP contribution in [0.5, 0.6) is 0 Å². The first-order chi connectivity index (χ1) is 13.3. The lowest BCUT2D eigenvalue weighted by molar-refractivity contribution is 0.0514. The van der Waals surface area contributed by atoms with Gasteiger partial charge in [0.05, 0.1) is 13.2 Å². The zero-order valence-corrected chi connectivity index (χ0v) is 17.8. The molecule has 0 spiro atoms. The second-order valence-electron chi connectivity index (χ2n) is 7.39. The highest BCUT2D eigenvalue weighted by atomic mass is 16.5. The third-order valence-electron chi connectivity index (χ3n) is 5.60. The van der Waals surface area contributed by atoms with E-state index in [-0.39, 0.29) is 31.0 Å². The number of hydrogen-bond donors (Lipinski definition) is 1. The summed E-state index contributed by atoms with van der Waals surface area (Å²) in [5.74, 6) is -0.574. The van der Waals surface area contributed by atoms with E-state index in [2.05, 4.69) is 5.32 Å². The average Bonchev–Trinajstić information content (AvgIpc) is 2.89. The van der Waals surface area contributed by atoms with Crippen LogP contribution < -0.4 is 5.32 Å². The Hall–Kier alpha value is -2.31. The maximum Gasteiger partial charge on any atom is 0.355 e. The van der Waals surface area contributed by atoms with E-state index in [0.717, 1.165) is 25.7 Å². The van der Waals surface area contributed by atoms with Crippen molar-refractivity contribution < 1.29 is 19.1 Å². The maximum absolute atomic E-state index is 13.2. The lowest BCUT2D eigenvalue weighted by Crippen LogP contribution is -2.49. The van der Waals surface area contributed by atoms with E-state index in [9.17, 15) is 14.4 Å². The second-order valence-corrected chi connectivity index (χ2v) is 7.39. The van der Waals surface area contributed by atoms with Gasteiger partial charge in [0.25, 0.3) is 0 Å². The van der Waals surface area contributed by atoms with Crippen LogP contribution in [0.25, 0.3) is 0 Å². The topological polar surface area (TPSA) is 80.6 Å². The lowest BCUT2D eigenvalue weighted by atomic mass is 9.93. The monoisotopic (exact) mass is 391 g/mol. The van der Waals surface area contributed by atoms with Gasteiger partial charge in [-0.05, 0) is 46.1 Å². The van der Waals surface area contributed by atoms with Gasteiger partial charge in [-0.15, -0.1) is 0 Å². The van der Waals surface area contributed by atoms with Crippen molar-refractivity contribution >= 4 is 17.8 Å². The SMILES string of the molecule is CCNC(=O)N(CC(=O)c1c(C)c(C(=O)OCC)n(C)c1C)C1CCCCC1. The van der Waals surface area contributed by atoms with Crippen molar-refractivity contribution in [3.8, 4) is 0 Å². The number of hydrogen-bond acceptors (Lipinski definition) is 4. The van der Waals surface area contributed by atoms with Crippen LogP contribution in [0, 0.1) is 13.8 Å². The number of urea groups is 1. The Morgan fingerprint density at radius 1 is 1.14 bits per heavy atom. The summed E-state index contributed by atoms with van der Waals surface area (Å²) in [5.41, 5.74) is 2.23. The van der Waals surface area contributed by atoms with Crippen molar-refractivity contribution in [3.63, 3.8) is 0 Å². The minimum atomic E-state index is -0.433. The highest BCUT2D eigenvalue weighted by molar-refractivity contribution is 6.04. The first-order valence-electron chi connectivity index (χ1n) is 10.2. The molecule has 1 aromatic heterocycles. The van der Waals surface area contributed by atoms with Crippen molar-refractivity contribution in [2.24, 2.45) is 7.05 Å². The molecular formula is C21H33N3O4. The normalized spacial score (nSPS) is 14.6. The summed E-state index contributed by atoms with van der Waals surface area (Å²) in [5, 5.41) is 2.84. The summed E-state index contributed by atoms with van der Waals surface area (Å²) >= 11 is 0. The molecule has 0 radical (unpaired) electrons. The fourth-order valence-electron chi connectivity index (χ4n) is 4.12. The molecule has 0 bridgehead atoms. The third-order valence-corrected chi connectivity index (χ3v) is 5.60. The molecule has 0 atom stereocenters. The summed E-state index contributed by atoms with van der Waals surface area (Å²) in [6.45, 7) is 8.03. The molecule has 28 heavy (non-hydrogen) atoms. The van der Waals surface area contributed by atoms with Crippen molar-refractivity contribution in [2.45, 2.75) is 65.8 Å². The smallest absolute Gasteiger partial charge is 0.355 e. The quantitative estimate of drug-likeness (QED) is 0.571. The number of ketones is 1. The number of nitrogens with zero attached hydrogens (tertiary/aromatic N) is 2. The number of carbonyl (C=O) groups is 3. The van der Waals surface area contributed by atoms with Gasteiger partial charge in [0.1, 0.15) is 5.69 Å². The minimum Gasteiger partial charge on any atom is -0.461 e. The lowest BCUT2D eigenvalue weighted by Gasteiger charge is -2.34. The second kappa shape index (κ2) is 9.75. The molecule has 1 aliphatic rings. The molecule has 156 valence electrons. The van der Waals surface area contributed by atoms with Gasteiger partial charge in [0, 0.05) is 30.9 Å². The zero-order chi connectivity index (χ0) is 20.8. The number of ether oxygens (including phenoxy) is 1. The van der Waals surface area contributed by atoms with Crippen LogP contribution in [0.4, 0.5) is 4.79 Å². The summed E-state index contributed by atoms with van der Waals surface area (Å²) in [4.78, 5) is 39.8. The number of Topliss-reactive ketones (excluding diaryl/α,β-unsaturated/α-hetero) is 1. The predicted octanol–water partition coefficient (Wildman–Crippen LogP) is 3.37. The molecule has 1 fully saturated rings. The molecule has 7 nitrogen and oxygen atoms in total. The molecule has 2 amide bonds. The Balaban J connectivity index is 2.31. The molecule has 0 unspecified atom stereocenters. The molecule has 1 aromatic rings. The fraction of sp³-hybridized carbons (Fsp3) is 0.667. The Kier molecular flexibility index (Phi) is 7.66. The minimum absolute atomic E-state index is 0.0183. The van der Waals surface area contributed by atoms with Crippen LogP contribution in [0.3, 0.4) is 0 Å². The molecule has 0 saturated heterocycles. The summed E-state index contributed by atoms with van der Waals surface area (Å²) < 4.78 is 6.84. The Bertz CT molecular complexity index is 732. The first kappa shape index (κ1) is 22.0. The molecule has 7 heteroatoms. The molecule has 1 aliphatic carbocycles. The standard InChI is InChI=1S/C21H33N3O4/c1-6-22-21(27)24(16-11-9-8-10-12-16)13-17(25)18-14(3)19(20(26)28-7-2)23(5)15(18)4/h16H,6-13H2,1-5H3,(H,22,27). The number of carbonyl (C=O) groups excluding carboxylic acids is 3. The molecule has 0 aromatic carbocycles. The van der Waals surface area contributed by atoms with E-state index >= 15 is 0 Å². The Morgan fingerprint density at radius 2 is 1.79 bits per heavy atom. The largest absolute Gasteiger partial charge is 0.461 e. The van der Waals surface area contributed by atoms with Crippen LogP contribution >= 0.6 is 0 Å². The van der Waals surface area contributed by atoms with E-state index < -0.39 is 5.97 Å². The van der Waals surface area contributed by atoms with Gasteiger partial charge in [-0.1, -0.05) is 19.3 Å². The predicted molar refractivity (Wildman–Crippen MR) is 108 cm³/mol. The van der Waals surface area contributed by atoms with Crippen molar-refractivity contribution in [1.82, 2.24) is 14.8 Å². The summed E-state index contributed by atoms with van der Waals surface area (Å²) in [7, 11) is 1.76. The highest BCUT2D eigenvalue weighted by Gasteiger charge is 2.31. The van der Waals surface area contributed by atoms with Crippen molar-refractivity contribution in [2.75, 3.05) is 19.7 Å². The maximum atomic E-state index is 13.2. The molecule has 1 heterocycles. The van der Waals surface area contributed by atoms with Gasteiger partial charge in [0.15, 0.2) is 5.78 Å². The third kappa shape index (κ3) is 4.56. The summed E-state index contributed by atoms with van der Waals surface area (Å²) in [6, 6.07) is -0.113. The molecule has 0 aliphatic heterocycles. The van der Waals surface area contributed by atoms with Gasteiger partial charge in [-0.2, -0.15) is 0 Å². The van der Waals surface area contributed by atoms with Gasteiger partial charge in [-0.25, -0.2) is 9.59 Å². The molecule has 2 rings (SSSR count). The number of rotatable bonds is 7. The Labute approximate surface area is 167 Å². The van der Waals surface area contributed by atoms with Gasteiger partial charge >= 0.3 is 12.0 Å². The van der Waals surface area contributed by atoms with Crippen molar-refractivity contribution in [1.29, 1.82) is 0 Å². The Morgan fingerprint density at radius 3 is 2.36 bits per heavy atom. The number of amides is 2. The van der Waals surface area contributed by atoms with E-state index in [0.29, 0.717) is 29.1 Å². The number of aromatic nitrogens is 1. The van der Waals surface area contributed by atoms with E-state index in [1.807, 2.05) is 13.8 Å². The number of esters is 1. The highest BCUT2D eigenvalue weighted by Crippen LogP contribution is 2.26. The summed E-state index contributed by atoms with van der Waals surface area (Å²) in [6.07, 6.45) is 5.17.